The molecule has 1 atom stereocenters. The summed E-state index contributed by atoms with van der Waals surface area (Å²) in [5.41, 5.74) is 4.84. The van der Waals surface area contributed by atoms with Gasteiger partial charge < -0.3 is 10.1 Å². The highest BCUT2D eigenvalue weighted by Gasteiger charge is 2.30. The van der Waals surface area contributed by atoms with Crippen LogP contribution in [0.3, 0.4) is 0 Å². The first-order valence-corrected chi connectivity index (χ1v) is 6.29. The topological polar surface area (TPSA) is 38.3 Å². The SMILES string of the molecule is Cc1ccc(C)c(N[C@H]2OC(=O)c3ccccc32)c1. The maximum absolute atomic E-state index is 11.8. The molecule has 0 spiro atoms. The van der Waals surface area contributed by atoms with Crippen molar-refractivity contribution in [1.29, 1.82) is 0 Å². The summed E-state index contributed by atoms with van der Waals surface area (Å²) in [5, 5.41) is 3.29. The maximum atomic E-state index is 11.8. The first-order valence-electron chi connectivity index (χ1n) is 6.29. The molecule has 0 saturated heterocycles. The molecular formula is C16H15NO2. The molecule has 0 aliphatic carbocycles. The minimum absolute atomic E-state index is 0.265. The second-order valence-corrected chi connectivity index (χ2v) is 4.84. The van der Waals surface area contributed by atoms with Crippen molar-refractivity contribution in [3.63, 3.8) is 0 Å². The van der Waals surface area contributed by atoms with Crippen molar-refractivity contribution in [3.05, 3.63) is 64.7 Å². The van der Waals surface area contributed by atoms with E-state index >= 15 is 0 Å². The number of esters is 1. The van der Waals surface area contributed by atoms with Crippen molar-refractivity contribution in [2.45, 2.75) is 20.1 Å². The van der Waals surface area contributed by atoms with E-state index in [2.05, 4.69) is 23.5 Å². The normalized spacial score (nSPS) is 16.9. The first kappa shape index (κ1) is 11.8. The molecule has 0 unspecified atom stereocenters. The van der Waals surface area contributed by atoms with E-state index in [1.54, 1.807) is 6.07 Å². The van der Waals surface area contributed by atoms with Gasteiger partial charge in [-0.3, -0.25) is 0 Å². The number of nitrogens with one attached hydrogen (secondary N) is 1. The summed E-state index contributed by atoms with van der Waals surface area (Å²) in [6.07, 6.45) is -0.399. The van der Waals surface area contributed by atoms with Gasteiger partial charge in [0.2, 0.25) is 6.23 Å². The lowest BCUT2D eigenvalue weighted by Crippen LogP contribution is -2.11. The van der Waals surface area contributed by atoms with E-state index in [1.165, 1.54) is 5.56 Å². The largest absolute Gasteiger partial charge is 0.434 e. The fourth-order valence-electron chi connectivity index (χ4n) is 2.29. The Morgan fingerprint density at radius 1 is 1.11 bits per heavy atom. The van der Waals surface area contributed by atoms with Crippen LogP contribution in [0, 0.1) is 13.8 Å². The van der Waals surface area contributed by atoms with Gasteiger partial charge in [-0.1, -0.05) is 30.3 Å². The van der Waals surface area contributed by atoms with Crippen LogP contribution in [0.25, 0.3) is 0 Å². The van der Waals surface area contributed by atoms with Gasteiger partial charge in [0.1, 0.15) is 0 Å². The summed E-state index contributed by atoms with van der Waals surface area (Å²) in [7, 11) is 0. The van der Waals surface area contributed by atoms with Gasteiger partial charge in [0.15, 0.2) is 0 Å². The molecular weight excluding hydrogens is 238 g/mol. The second-order valence-electron chi connectivity index (χ2n) is 4.84. The molecule has 1 heterocycles. The molecule has 1 aliphatic rings. The molecule has 1 N–H and O–H groups in total. The van der Waals surface area contributed by atoms with Crippen LogP contribution in [-0.4, -0.2) is 5.97 Å². The number of ether oxygens (including phenoxy) is 1. The molecule has 3 heteroatoms. The van der Waals surface area contributed by atoms with Gasteiger partial charge in [0.05, 0.1) is 5.56 Å². The molecule has 3 nitrogen and oxygen atoms in total. The molecule has 0 fully saturated rings. The Balaban J connectivity index is 1.93. The minimum Gasteiger partial charge on any atom is -0.434 e. The lowest BCUT2D eigenvalue weighted by molar-refractivity contribution is 0.0437. The van der Waals surface area contributed by atoms with Gasteiger partial charge >= 0.3 is 5.97 Å². The number of benzene rings is 2. The zero-order chi connectivity index (χ0) is 13.4. The van der Waals surface area contributed by atoms with Crippen LogP contribution in [0.4, 0.5) is 5.69 Å². The van der Waals surface area contributed by atoms with Crippen LogP contribution >= 0.6 is 0 Å². The number of rotatable bonds is 2. The zero-order valence-corrected chi connectivity index (χ0v) is 10.9. The van der Waals surface area contributed by atoms with Gasteiger partial charge in [0, 0.05) is 11.3 Å². The standard InChI is InChI=1S/C16H15NO2/c1-10-7-8-11(2)14(9-10)17-15-12-5-3-4-6-13(12)16(18)19-15/h3-9,15,17H,1-2H3/t15-/m0/s1. The average molecular weight is 253 g/mol. The molecule has 0 radical (unpaired) electrons. The van der Waals surface area contributed by atoms with Crippen molar-refractivity contribution in [3.8, 4) is 0 Å². The van der Waals surface area contributed by atoms with Crippen LogP contribution in [0.15, 0.2) is 42.5 Å². The Bertz CT molecular complexity index is 649. The molecule has 96 valence electrons. The van der Waals surface area contributed by atoms with Crippen molar-refractivity contribution in [1.82, 2.24) is 0 Å². The number of anilines is 1. The maximum Gasteiger partial charge on any atom is 0.340 e. The third kappa shape index (κ3) is 2.08. The Hall–Kier alpha value is -2.29. The second kappa shape index (κ2) is 4.43. The number of cyclic esters (lactones) is 1. The van der Waals surface area contributed by atoms with Crippen molar-refractivity contribution < 1.29 is 9.53 Å². The fraction of sp³-hybridized carbons (Fsp3) is 0.188. The molecule has 0 amide bonds. The molecule has 0 bridgehead atoms. The van der Waals surface area contributed by atoms with Crippen molar-refractivity contribution in [2.75, 3.05) is 5.32 Å². The molecule has 19 heavy (non-hydrogen) atoms. The highest BCUT2D eigenvalue weighted by atomic mass is 16.6. The van der Waals surface area contributed by atoms with Crippen LogP contribution < -0.4 is 5.32 Å². The van der Waals surface area contributed by atoms with Gasteiger partial charge in [-0.05, 0) is 37.1 Å². The van der Waals surface area contributed by atoms with Gasteiger partial charge in [0.25, 0.3) is 0 Å². The predicted octanol–water partition coefficient (Wildman–Crippen LogP) is 3.58. The number of hydrogen-bond donors (Lipinski definition) is 1. The van der Waals surface area contributed by atoms with E-state index in [4.69, 9.17) is 4.74 Å². The monoisotopic (exact) mass is 253 g/mol. The summed E-state index contributed by atoms with van der Waals surface area (Å²) in [5.74, 6) is -0.265. The number of carbonyl (C=O) groups is 1. The minimum atomic E-state index is -0.399. The molecule has 0 saturated carbocycles. The summed E-state index contributed by atoms with van der Waals surface area (Å²) in [6, 6.07) is 13.7. The highest BCUT2D eigenvalue weighted by molar-refractivity contribution is 5.94. The lowest BCUT2D eigenvalue weighted by atomic mass is 10.1. The number of fused-ring (bicyclic) bond motifs is 1. The summed E-state index contributed by atoms with van der Waals surface area (Å²) in [4.78, 5) is 11.8. The molecule has 3 rings (SSSR count). The molecule has 0 aromatic heterocycles. The number of aryl methyl sites for hydroxylation is 2. The Morgan fingerprint density at radius 3 is 2.74 bits per heavy atom. The van der Waals surface area contributed by atoms with E-state index in [-0.39, 0.29) is 5.97 Å². The molecule has 2 aromatic rings. The fourth-order valence-corrected chi connectivity index (χ4v) is 2.29. The van der Waals surface area contributed by atoms with Crippen molar-refractivity contribution >= 4 is 11.7 Å². The smallest absolute Gasteiger partial charge is 0.340 e. The lowest BCUT2D eigenvalue weighted by Gasteiger charge is -2.16. The first-order chi connectivity index (χ1) is 9.15. The molecule has 2 aromatic carbocycles. The van der Waals surface area contributed by atoms with Crippen LogP contribution in [0.5, 0.6) is 0 Å². The summed E-state index contributed by atoms with van der Waals surface area (Å²) >= 11 is 0. The van der Waals surface area contributed by atoms with E-state index in [0.717, 1.165) is 16.8 Å². The Kier molecular flexibility index (Phi) is 2.75. The van der Waals surface area contributed by atoms with Crippen molar-refractivity contribution in [2.24, 2.45) is 0 Å². The highest BCUT2D eigenvalue weighted by Crippen LogP contribution is 2.32. The zero-order valence-electron chi connectivity index (χ0n) is 10.9. The van der Waals surface area contributed by atoms with E-state index in [1.807, 2.05) is 32.0 Å². The third-order valence-corrected chi connectivity index (χ3v) is 3.37. The molecule has 1 aliphatic heterocycles. The van der Waals surface area contributed by atoms with Crippen LogP contribution in [0.2, 0.25) is 0 Å². The Morgan fingerprint density at radius 2 is 1.89 bits per heavy atom. The average Bonchev–Trinajstić information content (AvgIpc) is 2.72. The van der Waals surface area contributed by atoms with Gasteiger partial charge in [-0.15, -0.1) is 0 Å². The summed E-state index contributed by atoms with van der Waals surface area (Å²) in [6.45, 7) is 4.07. The predicted molar refractivity (Wildman–Crippen MR) is 74.1 cm³/mol. The van der Waals surface area contributed by atoms with Crippen LogP contribution in [0.1, 0.15) is 33.3 Å². The van der Waals surface area contributed by atoms with E-state index in [0.29, 0.717) is 5.56 Å². The number of carbonyl (C=O) groups excluding carboxylic acids is 1. The quantitative estimate of drug-likeness (QED) is 0.831. The third-order valence-electron chi connectivity index (χ3n) is 3.37. The Labute approximate surface area is 112 Å². The summed E-state index contributed by atoms with van der Waals surface area (Å²) < 4.78 is 5.38. The van der Waals surface area contributed by atoms with Gasteiger partial charge in [-0.2, -0.15) is 0 Å². The van der Waals surface area contributed by atoms with E-state index < -0.39 is 6.23 Å². The van der Waals surface area contributed by atoms with Gasteiger partial charge in [-0.25, -0.2) is 4.79 Å². The number of hydrogen-bond acceptors (Lipinski definition) is 3. The van der Waals surface area contributed by atoms with Crippen LogP contribution in [-0.2, 0) is 4.74 Å². The van der Waals surface area contributed by atoms with E-state index in [9.17, 15) is 4.79 Å².